The second-order valence-electron chi connectivity index (χ2n) is 6.32. The van der Waals surface area contributed by atoms with Gasteiger partial charge in [-0.05, 0) is 56.0 Å². The summed E-state index contributed by atoms with van der Waals surface area (Å²) in [6, 6.07) is 6.70. The summed E-state index contributed by atoms with van der Waals surface area (Å²) in [5.74, 6) is 0.599. The normalized spacial score (nSPS) is 26.4. The summed E-state index contributed by atoms with van der Waals surface area (Å²) in [7, 11) is 2.18. The van der Waals surface area contributed by atoms with Crippen LogP contribution in [0, 0.1) is 0 Å². The van der Waals surface area contributed by atoms with Gasteiger partial charge in [0.2, 0.25) is 0 Å². The standard InChI is InChI=1S/C16H23ClN2/c1-19-8-5-12(10-19)14-4-3-13(9-15(14)17)16(11-18)6-2-7-16/h3-4,9,12H,2,5-8,10-11,18H2,1H3. The predicted octanol–water partition coefficient (Wildman–Crippen LogP) is 3.14. The second-order valence-corrected chi connectivity index (χ2v) is 6.73. The van der Waals surface area contributed by atoms with Crippen LogP contribution < -0.4 is 5.73 Å². The van der Waals surface area contributed by atoms with Crippen LogP contribution in [0.3, 0.4) is 0 Å². The first kappa shape index (κ1) is 13.4. The van der Waals surface area contributed by atoms with Crippen molar-refractivity contribution in [3.05, 3.63) is 34.3 Å². The van der Waals surface area contributed by atoms with Crippen molar-refractivity contribution in [2.45, 2.75) is 37.0 Å². The van der Waals surface area contributed by atoms with Crippen molar-refractivity contribution in [3.63, 3.8) is 0 Å². The monoisotopic (exact) mass is 278 g/mol. The first-order valence-electron chi connectivity index (χ1n) is 7.33. The molecule has 2 fully saturated rings. The third-order valence-corrected chi connectivity index (χ3v) is 5.47. The van der Waals surface area contributed by atoms with Crippen molar-refractivity contribution in [2.24, 2.45) is 5.73 Å². The number of rotatable bonds is 3. The van der Waals surface area contributed by atoms with Crippen molar-refractivity contribution in [1.29, 1.82) is 0 Å². The molecule has 0 aromatic heterocycles. The van der Waals surface area contributed by atoms with Crippen LogP contribution in [0.4, 0.5) is 0 Å². The zero-order valence-corrected chi connectivity index (χ0v) is 12.4. The Morgan fingerprint density at radius 3 is 2.68 bits per heavy atom. The quantitative estimate of drug-likeness (QED) is 0.920. The molecule has 1 aliphatic carbocycles. The highest BCUT2D eigenvalue weighted by Crippen LogP contribution is 2.44. The van der Waals surface area contributed by atoms with E-state index in [1.165, 1.54) is 43.4 Å². The molecule has 1 saturated carbocycles. The molecule has 3 heteroatoms. The van der Waals surface area contributed by atoms with E-state index in [1.54, 1.807) is 0 Å². The number of hydrogen-bond acceptors (Lipinski definition) is 2. The number of likely N-dealkylation sites (tertiary alicyclic amines) is 1. The van der Waals surface area contributed by atoms with Gasteiger partial charge in [0.1, 0.15) is 0 Å². The van der Waals surface area contributed by atoms with Crippen LogP contribution in [-0.4, -0.2) is 31.6 Å². The highest BCUT2D eigenvalue weighted by atomic mass is 35.5. The van der Waals surface area contributed by atoms with Crippen LogP contribution in [0.2, 0.25) is 5.02 Å². The first-order valence-corrected chi connectivity index (χ1v) is 7.71. The molecule has 2 nitrogen and oxygen atoms in total. The summed E-state index contributed by atoms with van der Waals surface area (Å²) in [5.41, 5.74) is 8.87. The first-order chi connectivity index (χ1) is 9.14. The third kappa shape index (κ3) is 2.31. The van der Waals surface area contributed by atoms with E-state index in [-0.39, 0.29) is 5.41 Å². The van der Waals surface area contributed by atoms with Crippen LogP contribution in [0.15, 0.2) is 18.2 Å². The van der Waals surface area contributed by atoms with E-state index >= 15 is 0 Å². The van der Waals surface area contributed by atoms with E-state index in [4.69, 9.17) is 17.3 Å². The zero-order valence-electron chi connectivity index (χ0n) is 11.7. The zero-order chi connectivity index (χ0) is 13.5. The Morgan fingerprint density at radius 2 is 2.21 bits per heavy atom. The van der Waals surface area contributed by atoms with Crippen molar-refractivity contribution in [3.8, 4) is 0 Å². The molecule has 2 N–H and O–H groups in total. The maximum Gasteiger partial charge on any atom is 0.0444 e. The van der Waals surface area contributed by atoms with Gasteiger partial charge in [0.15, 0.2) is 0 Å². The lowest BCUT2D eigenvalue weighted by Crippen LogP contribution is -2.41. The Kier molecular flexibility index (Phi) is 3.59. The van der Waals surface area contributed by atoms with Gasteiger partial charge in [-0.15, -0.1) is 0 Å². The van der Waals surface area contributed by atoms with Crippen molar-refractivity contribution >= 4 is 11.6 Å². The SMILES string of the molecule is CN1CCC(c2ccc(C3(CN)CCC3)cc2Cl)C1. The summed E-state index contributed by atoms with van der Waals surface area (Å²) in [6.45, 7) is 3.05. The molecular weight excluding hydrogens is 256 g/mol. The van der Waals surface area contributed by atoms with Gasteiger partial charge < -0.3 is 10.6 Å². The molecule has 3 rings (SSSR count). The molecule has 0 bridgehead atoms. The molecule has 1 aromatic rings. The molecule has 1 atom stereocenters. The second kappa shape index (κ2) is 5.08. The molecule has 0 radical (unpaired) electrons. The smallest absolute Gasteiger partial charge is 0.0444 e. The van der Waals surface area contributed by atoms with Gasteiger partial charge >= 0.3 is 0 Å². The Morgan fingerprint density at radius 1 is 1.42 bits per heavy atom. The van der Waals surface area contributed by atoms with Gasteiger partial charge in [-0.2, -0.15) is 0 Å². The maximum absolute atomic E-state index is 6.54. The van der Waals surface area contributed by atoms with Crippen molar-refractivity contribution < 1.29 is 0 Å². The van der Waals surface area contributed by atoms with E-state index in [0.717, 1.165) is 18.1 Å². The fourth-order valence-corrected chi connectivity index (χ4v) is 3.93. The average Bonchev–Trinajstić information content (AvgIpc) is 2.75. The number of nitrogens with two attached hydrogens (primary N) is 1. The number of benzene rings is 1. The lowest BCUT2D eigenvalue weighted by molar-refractivity contribution is 0.253. The van der Waals surface area contributed by atoms with Crippen molar-refractivity contribution in [1.82, 2.24) is 4.90 Å². The Balaban J connectivity index is 1.86. The van der Waals surface area contributed by atoms with Gasteiger partial charge in [0, 0.05) is 23.5 Å². The molecule has 104 valence electrons. The van der Waals surface area contributed by atoms with Crippen LogP contribution in [0.5, 0.6) is 0 Å². The number of nitrogens with zero attached hydrogens (tertiary/aromatic N) is 1. The summed E-state index contributed by atoms with van der Waals surface area (Å²) in [5, 5.41) is 0.942. The van der Waals surface area contributed by atoms with Crippen molar-refractivity contribution in [2.75, 3.05) is 26.7 Å². The van der Waals surface area contributed by atoms with Gasteiger partial charge in [-0.3, -0.25) is 0 Å². The minimum absolute atomic E-state index is 0.217. The summed E-state index contributed by atoms with van der Waals surface area (Å²) in [6.07, 6.45) is 4.94. The van der Waals surface area contributed by atoms with E-state index in [1.807, 2.05) is 0 Å². The molecule has 0 amide bonds. The summed E-state index contributed by atoms with van der Waals surface area (Å²) in [4.78, 5) is 2.38. The molecule has 19 heavy (non-hydrogen) atoms. The minimum Gasteiger partial charge on any atom is -0.330 e. The van der Waals surface area contributed by atoms with Crippen LogP contribution >= 0.6 is 11.6 Å². The molecule has 1 saturated heterocycles. The van der Waals surface area contributed by atoms with Crippen LogP contribution in [0.25, 0.3) is 0 Å². The van der Waals surface area contributed by atoms with Gasteiger partial charge in [0.05, 0.1) is 0 Å². The Bertz CT molecular complexity index is 462. The lowest BCUT2D eigenvalue weighted by atomic mass is 9.64. The highest BCUT2D eigenvalue weighted by Gasteiger charge is 2.37. The predicted molar refractivity (Wildman–Crippen MR) is 80.9 cm³/mol. The van der Waals surface area contributed by atoms with Crippen LogP contribution in [0.1, 0.15) is 42.7 Å². The van der Waals surface area contributed by atoms with Gasteiger partial charge in [0.25, 0.3) is 0 Å². The van der Waals surface area contributed by atoms with Gasteiger partial charge in [-0.25, -0.2) is 0 Å². The lowest BCUT2D eigenvalue weighted by Gasteiger charge is -2.41. The molecule has 1 unspecified atom stereocenters. The summed E-state index contributed by atoms with van der Waals surface area (Å²) >= 11 is 6.54. The maximum atomic E-state index is 6.54. The third-order valence-electron chi connectivity index (χ3n) is 5.15. The van der Waals surface area contributed by atoms with E-state index < -0.39 is 0 Å². The Labute approximate surface area is 120 Å². The van der Waals surface area contributed by atoms with Crippen LogP contribution in [-0.2, 0) is 5.41 Å². The molecule has 1 heterocycles. The fourth-order valence-electron chi connectivity index (χ4n) is 3.59. The largest absolute Gasteiger partial charge is 0.330 e. The highest BCUT2D eigenvalue weighted by molar-refractivity contribution is 6.31. The van der Waals surface area contributed by atoms with E-state index in [0.29, 0.717) is 5.92 Å². The molecule has 1 aliphatic heterocycles. The number of halogens is 1. The number of hydrogen-bond donors (Lipinski definition) is 1. The number of likely N-dealkylation sites (N-methyl/N-ethyl adjacent to an activating group) is 1. The van der Waals surface area contributed by atoms with E-state index in [2.05, 4.69) is 30.1 Å². The fraction of sp³-hybridized carbons (Fsp3) is 0.625. The average molecular weight is 279 g/mol. The topological polar surface area (TPSA) is 29.3 Å². The Hall–Kier alpha value is -0.570. The van der Waals surface area contributed by atoms with Gasteiger partial charge in [-0.1, -0.05) is 30.2 Å². The molecule has 0 spiro atoms. The minimum atomic E-state index is 0.217. The molecule has 2 aliphatic rings. The molecular formula is C16H23ClN2. The van der Waals surface area contributed by atoms with E-state index in [9.17, 15) is 0 Å². The summed E-state index contributed by atoms with van der Waals surface area (Å²) < 4.78 is 0. The molecule has 1 aromatic carbocycles.